The first-order valence-corrected chi connectivity index (χ1v) is 7.93. The zero-order valence-corrected chi connectivity index (χ0v) is 13.2. The van der Waals surface area contributed by atoms with E-state index in [0.717, 1.165) is 18.1 Å². The zero-order chi connectivity index (χ0) is 15.9. The molecule has 0 bridgehead atoms. The van der Waals surface area contributed by atoms with Crippen molar-refractivity contribution >= 4 is 11.5 Å². The van der Waals surface area contributed by atoms with Gasteiger partial charge in [-0.15, -0.1) is 0 Å². The minimum atomic E-state index is 0.0786. The number of anilines is 2. The molecule has 0 spiro atoms. The van der Waals surface area contributed by atoms with E-state index >= 15 is 0 Å². The van der Waals surface area contributed by atoms with Crippen LogP contribution < -0.4 is 10.6 Å². The second kappa shape index (κ2) is 7.45. The predicted octanol–water partition coefficient (Wildman–Crippen LogP) is 4.71. The molecule has 0 saturated carbocycles. The van der Waals surface area contributed by atoms with Crippen molar-refractivity contribution in [3.8, 4) is 0 Å². The molecule has 0 aliphatic heterocycles. The Morgan fingerprint density at radius 1 is 0.826 bits per heavy atom. The molecule has 0 amide bonds. The predicted molar refractivity (Wildman–Crippen MR) is 96.8 cm³/mol. The molecule has 2 N–H and O–H groups in total. The van der Waals surface area contributed by atoms with Gasteiger partial charge in [-0.2, -0.15) is 0 Å². The Morgan fingerprint density at radius 2 is 1.43 bits per heavy atom. The van der Waals surface area contributed by atoms with Crippen LogP contribution in [-0.4, -0.2) is 11.5 Å². The molecule has 3 heteroatoms. The maximum atomic E-state index is 4.51. The molecule has 0 saturated heterocycles. The van der Waals surface area contributed by atoms with Gasteiger partial charge in [0.15, 0.2) is 0 Å². The van der Waals surface area contributed by atoms with E-state index in [2.05, 4.69) is 71.1 Å². The van der Waals surface area contributed by atoms with E-state index in [1.807, 2.05) is 30.5 Å². The van der Waals surface area contributed by atoms with Gasteiger partial charge >= 0.3 is 0 Å². The van der Waals surface area contributed by atoms with Crippen molar-refractivity contribution in [3.63, 3.8) is 0 Å². The van der Waals surface area contributed by atoms with Gasteiger partial charge in [-0.05, 0) is 30.2 Å². The van der Waals surface area contributed by atoms with Crippen LogP contribution in [0.4, 0.5) is 11.5 Å². The van der Waals surface area contributed by atoms with Crippen molar-refractivity contribution in [1.82, 2.24) is 4.98 Å². The van der Waals surface area contributed by atoms with Gasteiger partial charge in [0.05, 0.1) is 17.9 Å². The van der Waals surface area contributed by atoms with Crippen LogP contribution in [-0.2, 0) is 0 Å². The SMILES string of the molecule is CCNc1ccc(NC(c2ccccc2)c2ccccc2)nc1. The normalized spacial score (nSPS) is 10.5. The highest BCUT2D eigenvalue weighted by atomic mass is 15.0. The van der Waals surface area contributed by atoms with Crippen molar-refractivity contribution < 1.29 is 0 Å². The van der Waals surface area contributed by atoms with Crippen LogP contribution in [0.3, 0.4) is 0 Å². The molecule has 1 heterocycles. The van der Waals surface area contributed by atoms with Crippen molar-refractivity contribution in [3.05, 3.63) is 90.1 Å². The number of hydrogen-bond donors (Lipinski definition) is 2. The molecule has 3 aromatic rings. The Hall–Kier alpha value is -2.81. The molecular weight excluding hydrogens is 282 g/mol. The molecular formula is C20H21N3. The summed E-state index contributed by atoms with van der Waals surface area (Å²) in [5, 5.41) is 6.80. The number of benzene rings is 2. The van der Waals surface area contributed by atoms with Crippen LogP contribution in [0.5, 0.6) is 0 Å². The average Bonchev–Trinajstić information content (AvgIpc) is 2.63. The topological polar surface area (TPSA) is 37.0 Å². The van der Waals surface area contributed by atoms with E-state index in [1.165, 1.54) is 11.1 Å². The number of pyridine rings is 1. The summed E-state index contributed by atoms with van der Waals surface area (Å²) in [6, 6.07) is 25.0. The van der Waals surface area contributed by atoms with Gasteiger partial charge in [-0.3, -0.25) is 0 Å². The van der Waals surface area contributed by atoms with Crippen LogP contribution in [0.2, 0.25) is 0 Å². The van der Waals surface area contributed by atoms with E-state index in [4.69, 9.17) is 0 Å². The van der Waals surface area contributed by atoms with Crippen LogP contribution in [0.15, 0.2) is 79.0 Å². The number of aromatic nitrogens is 1. The molecule has 0 fully saturated rings. The Kier molecular flexibility index (Phi) is 4.89. The lowest BCUT2D eigenvalue weighted by molar-refractivity contribution is 0.926. The highest BCUT2D eigenvalue weighted by molar-refractivity contribution is 5.50. The van der Waals surface area contributed by atoms with Gasteiger partial charge in [0.25, 0.3) is 0 Å². The minimum absolute atomic E-state index is 0.0786. The summed E-state index contributed by atoms with van der Waals surface area (Å²) < 4.78 is 0. The largest absolute Gasteiger partial charge is 0.384 e. The molecule has 3 rings (SSSR count). The maximum Gasteiger partial charge on any atom is 0.126 e. The monoisotopic (exact) mass is 303 g/mol. The fourth-order valence-corrected chi connectivity index (χ4v) is 2.59. The third-order valence-electron chi connectivity index (χ3n) is 3.70. The summed E-state index contributed by atoms with van der Waals surface area (Å²) in [6.07, 6.45) is 1.86. The van der Waals surface area contributed by atoms with Crippen molar-refractivity contribution in [2.24, 2.45) is 0 Å². The van der Waals surface area contributed by atoms with E-state index in [1.54, 1.807) is 0 Å². The van der Waals surface area contributed by atoms with Crippen molar-refractivity contribution in [2.75, 3.05) is 17.2 Å². The smallest absolute Gasteiger partial charge is 0.126 e. The standard InChI is InChI=1S/C20H21N3/c1-2-21-18-13-14-19(22-15-18)23-20(16-9-5-3-6-10-16)17-11-7-4-8-12-17/h3-15,20-21H,2H2,1H3,(H,22,23). The molecule has 0 atom stereocenters. The maximum absolute atomic E-state index is 4.51. The van der Waals surface area contributed by atoms with E-state index in [0.29, 0.717) is 0 Å². The summed E-state index contributed by atoms with van der Waals surface area (Å²) in [5.74, 6) is 0.865. The molecule has 0 unspecified atom stereocenters. The minimum Gasteiger partial charge on any atom is -0.384 e. The Bertz CT molecular complexity index is 669. The fraction of sp³-hybridized carbons (Fsp3) is 0.150. The molecule has 1 aromatic heterocycles. The molecule has 2 aromatic carbocycles. The fourth-order valence-electron chi connectivity index (χ4n) is 2.59. The number of rotatable bonds is 6. The molecule has 0 radical (unpaired) electrons. The van der Waals surface area contributed by atoms with Crippen LogP contribution in [0, 0.1) is 0 Å². The molecule has 116 valence electrons. The van der Waals surface area contributed by atoms with Gasteiger partial charge in [0, 0.05) is 6.54 Å². The quantitative estimate of drug-likeness (QED) is 0.692. The first-order valence-electron chi connectivity index (χ1n) is 7.93. The third-order valence-corrected chi connectivity index (χ3v) is 3.70. The highest BCUT2D eigenvalue weighted by Crippen LogP contribution is 2.26. The third kappa shape index (κ3) is 3.89. The second-order valence-corrected chi connectivity index (χ2v) is 5.36. The van der Waals surface area contributed by atoms with Crippen LogP contribution in [0.1, 0.15) is 24.1 Å². The van der Waals surface area contributed by atoms with Crippen molar-refractivity contribution in [1.29, 1.82) is 0 Å². The average molecular weight is 303 g/mol. The number of hydrogen-bond acceptors (Lipinski definition) is 3. The van der Waals surface area contributed by atoms with Crippen molar-refractivity contribution in [2.45, 2.75) is 13.0 Å². The number of nitrogens with one attached hydrogen (secondary N) is 2. The van der Waals surface area contributed by atoms with E-state index < -0.39 is 0 Å². The summed E-state index contributed by atoms with van der Waals surface area (Å²) in [7, 11) is 0. The number of nitrogens with zero attached hydrogens (tertiary/aromatic N) is 1. The summed E-state index contributed by atoms with van der Waals surface area (Å²) >= 11 is 0. The van der Waals surface area contributed by atoms with E-state index in [-0.39, 0.29) is 6.04 Å². The summed E-state index contributed by atoms with van der Waals surface area (Å²) in [5.41, 5.74) is 3.47. The summed E-state index contributed by atoms with van der Waals surface area (Å²) in [4.78, 5) is 4.51. The molecule has 0 aliphatic rings. The lowest BCUT2D eigenvalue weighted by Crippen LogP contribution is -2.13. The van der Waals surface area contributed by atoms with Gasteiger partial charge in [-0.1, -0.05) is 60.7 Å². The van der Waals surface area contributed by atoms with Gasteiger partial charge in [0.1, 0.15) is 5.82 Å². The first-order chi connectivity index (χ1) is 11.4. The first kappa shape index (κ1) is 15.1. The Balaban J connectivity index is 1.87. The highest BCUT2D eigenvalue weighted by Gasteiger charge is 2.13. The second-order valence-electron chi connectivity index (χ2n) is 5.36. The Labute approximate surface area is 137 Å². The summed E-state index contributed by atoms with van der Waals surface area (Å²) in [6.45, 7) is 2.97. The van der Waals surface area contributed by atoms with Crippen LogP contribution >= 0.6 is 0 Å². The van der Waals surface area contributed by atoms with Gasteiger partial charge < -0.3 is 10.6 Å². The molecule has 3 nitrogen and oxygen atoms in total. The Morgan fingerprint density at radius 3 is 1.91 bits per heavy atom. The molecule has 23 heavy (non-hydrogen) atoms. The van der Waals surface area contributed by atoms with E-state index in [9.17, 15) is 0 Å². The lowest BCUT2D eigenvalue weighted by Gasteiger charge is -2.20. The lowest BCUT2D eigenvalue weighted by atomic mass is 9.99. The van der Waals surface area contributed by atoms with Crippen LogP contribution in [0.25, 0.3) is 0 Å². The van der Waals surface area contributed by atoms with Gasteiger partial charge in [-0.25, -0.2) is 4.98 Å². The molecule has 0 aliphatic carbocycles. The van der Waals surface area contributed by atoms with Gasteiger partial charge in [0.2, 0.25) is 0 Å². The zero-order valence-electron chi connectivity index (χ0n) is 13.2.